The summed E-state index contributed by atoms with van der Waals surface area (Å²) in [6.45, 7) is 12.2. The van der Waals surface area contributed by atoms with Crippen LogP contribution in [0.4, 0.5) is 5.69 Å². The van der Waals surface area contributed by atoms with Crippen molar-refractivity contribution in [2.75, 3.05) is 24.7 Å². The Morgan fingerprint density at radius 2 is 1.80 bits per heavy atom. The third-order valence-electron chi connectivity index (χ3n) is 3.05. The molecule has 0 radical (unpaired) electrons. The van der Waals surface area contributed by atoms with Crippen LogP contribution in [0.15, 0.2) is 18.2 Å². The SMILES string of the molecule is CCN(C(=O)CCOCC(C)C)c1cc(C)cc(C)c1. The van der Waals surface area contributed by atoms with Crippen molar-refractivity contribution >= 4 is 11.6 Å². The number of rotatable bonds is 7. The van der Waals surface area contributed by atoms with Gasteiger partial charge >= 0.3 is 0 Å². The van der Waals surface area contributed by atoms with Crippen LogP contribution < -0.4 is 4.90 Å². The molecule has 0 atom stereocenters. The molecule has 0 aromatic heterocycles. The summed E-state index contributed by atoms with van der Waals surface area (Å²) in [5.41, 5.74) is 3.35. The Morgan fingerprint density at radius 1 is 1.20 bits per heavy atom. The highest BCUT2D eigenvalue weighted by molar-refractivity contribution is 5.93. The molecule has 0 aliphatic rings. The molecule has 0 saturated carbocycles. The summed E-state index contributed by atoms with van der Waals surface area (Å²) in [6, 6.07) is 6.24. The molecule has 1 aromatic rings. The fourth-order valence-corrected chi connectivity index (χ4v) is 2.22. The average Bonchev–Trinajstić information content (AvgIpc) is 2.34. The van der Waals surface area contributed by atoms with Crippen LogP contribution in [-0.2, 0) is 9.53 Å². The standard InChI is InChI=1S/C17H27NO2/c1-6-18(16-10-14(4)9-15(5)11-16)17(19)7-8-20-12-13(2)3/h9-11,13H,6-8,12H2,1-5H3. The minimum Gasteiger partial charge on any atom is -0.381 e. The van der Waals surface area contributed by atoms with Crippen molar-refractivity contribution in [1.82, 2.24) is 0 Å². The van der Waals surface area contributed by atoms with Gasteiger partial charge in [-0.1, -0.05) is 19.9 Å². The minimum absolute atomic E-state index is 0.126. The largest absolute Gasteiger partial charge is 0.381 e. The zero-order valence-corrected chi connectivity index (χ0v) is 13.4. The van der Waals surface area contributed by atoms with Gasteiger partial charge in [-0.2, -0.15) is 0 Å². The second-order valence-corrected chi connectivity index (χ2v) is 5.70. The molecule has 0 heterocycles. The van der Waals surface area contributed by atoms with Crippen molar-refractivity contribution in [3.05, 3.63) is 29.3 Å². The van der Waals surface area contributed by atoms with E-state index < -0.39 is 0 Å². The van der Waals surface area contributed by atoms with E-state index in [1.54, 1.807) is 0 Å². The Balaban J connectivity index is 2.63. The van der Waals surface area contributed by atoms with E-state index in [0.717, 1.165) is 5.69 Å². The zero-order chi connectivity index (χ0) is 15.1. The average molecular weight is 277 g/mol. The molecule has 0 aliphatic carbocycles. The smallest absolute Gasteiger partial charge is 0.229 e. The van der Waals surface area contributed by atoms with Crippen molar-refractivity contribution in [3.63, 3.8) is 0 Å². The molecule has 0 spiro atoms. The molecule has 0 N–H and O–H groups in total. The molecule has 3 heteroatoms. The second kappa shape index (κ2) is 8.05. The number of nitrogens with zero attached hydrogens (tertiary/aromatic N) is 1. The van der Waals surface area contributed by atoms with Gasteiger partial charge in [0.15, 0.2) is 0 Å². The van der Waals surface area contributed by atoms with E-state index in [4.69, 9.17) is 4.74 Å². The van der Waals surface area contributed by atoms with Crippen molar-refractivity contribution in [1.29, 1.82) is 0 Å². The van der Waals surface area contributed by atoms with Gasteiger partial charge in [-0.15, -0.1) is 0 Å². The summed E-state index contributed by atoms with van der Waals surface area (Å²) < 4.78 is 5.50. The van der Waals surface area contributed by atoms with Gasteiger partial charge in [0.1, 0.15) is 0 Å². The summed E-state index contributed by atoms with van der Waals surface area (Å²) in [5.74, 6) is 0.632. The number of ether oxygens (including phenoxy) is 1. The number of carbonyl (C=O) groups is 1. The molecule has 20 heavy (non-hydrogen) atoms. The highest BCUT2D eigenvalue weighted by Gasteiger charge is 2.14. The lowest BCUT2D eigenvalue weighted by atomic mass is 10.1. The summed E-state index contributed by atoms with van der Waals surface area (Å²) in [6.07, 6.45) is 0.438. The highest BCUT2D eigenvalue weighted by atomic mass is 16.5. The Morgan fingerprint density at radius 3 is 2.30 bits per heavy atom. The van der Waals surface area contributed by atoms with Crippen molar-refractivity contribution < 1.29 is 9.53 Å². The van der Waals surface area contributed by atoms with Crippen LogP contribution in [-0.4, -0.2) is 25.7 Å². The van der Waals surface area contributed by atoms with Gasteiger partial charge < -0.3 is 9.64 Å². The molecule has 0 bridgehead atoms. The normalized spacial score (nSPS) is 10.9. The zero-order valence-electron chi connectivity index (χ0n) is 13.4. The van der Waals surface area contributed by atoms with Crippen LogP contribution in [0.3, 0.4) is 0 Å². The molecule has 0 fully saturated rings. The third-order valence-corrected chi connectivity index (χ3v) is 3.05. The van der Waals surface area contributed by atoms with Gasteiger partial charge in [0.2, 0.25) is 5.91 Å². The second-order valence-electron chi connectivity index (χ2n) is 5.70. The maximum Gasteiger partial charge on any atom is 0.229 e. The van der Waals surface area contributed by atoms with E-state index >= 15 is 0 Å². The summed E-state index contributed by atoms with van der Waals surface area (Å²) in [7, 11) is 0. The first kappa shape index (κ1) is 16.7. The predicted octanol–water partition coefficient (Wildman–Crippen LogP) is 3.72. The molecule has 3 nitrogen and oxygen atoms in total. The molecule has 1 rings (SSSR count). The van der Waals surface area contributed by atoms with Crippen molar-refractivity contribution in [2.45, 2.75) is 41.0 Å². The van der Waals surface area contributed by atoms with E-state index in [2.05, 4.69) is 45.9 Å². The minimum atomic E-state index is 0.126. The van der Waals surface area contributed by atoms with E-state index in [0.29, 0.717) is 32.1 Å². The summed E-state index contributed by atoms with van der Waals surface area (Å²) in [5, 5.41) is 0. The highest BCUT2D eigenvalue weighted by Crippen LogP contribution is 2.19. The van der Waals surface area contributed by atoms with E-state index in [9.17, 15) is 4.79 Å². The molecule has 1 amide bonds. The number of benzene rings is 1. The molecule has 112 valence electrons. The Kier molecular flexibility index (Phi) is 6.73. The molecule has 0 unspecified atom stereocenters. The van der Waals surface area contributed by atoms with E-state index in [-0.39, 0.29) is 5.91 Å². The van der Waals surface area contributed by atoms with Crippen LogP contribution in [0.2, 0.25) is 0 Å². The van der Waals surface area contributed by atoms with Crippen LogP contribution in [0.1, 0.15) is 38.3 Å². The maximum atomic E-state index is 12.3. The first-order chi connectivity index (χ1) is 9.43. The van der Waals surface area contributed by atoms with Gasteiger partial charge in [-0.3, -0.25) is 4.79 Å². The van der Waals surface area contributed by atoms with E-state index in [1.807, 2.05) is 11.8 Å². The number of hydrogen-bond donors (Lipinski definition) is 0. The van der Waals surface area contributed by atoms with Gasteiger partial charge in [-0.05, 0) is 49.9 Å². The van der Waals surface area contributed by atoms with Crippen molar-refractivity contribution in [3.8, 4) is 0 Å². The van der Waals surface area contributed by atoms with E-state index in [1.165, 1.54) is 11.1 Å². The lowest BCUT2D eigenvalue weighted by molar-refractivity contribution is -0.119. The first-order valence-electron chi connectivity index (χ1n) is 7.40. The van der Waals surface area contributed by atoms with Crippen molar-refractivity contribution in [2.24, 2.45) is 5.92 Å². The molecule has 0 aliphatic heterocycles. The number of amides is 1. The van der Waals surface area contributed by atoms with Crippen LogP contribution >= 0.6 is 0 Å². The topological polar surface area (TPSA) is 29.5 Å². The quantitative estimate of drug-likeness (QED) is 0.711. The summed E-state index contributed by atoms with van der Waals surface area (Å²) >= 11 is 0. The van der Waals surface area contributed by atoms with Gasteiger partial charge in [-0.25, -0.2) is 0 Å². The maximum absolute atomic E-state index is 12.3. The number of carbonyl (C=O) groups excluding carboxylic acids is 1. The fourth-order valence-electron chi connectivity index (χ4n) is 2.22. The van der Waals surface area contributed by atoms with Gasteiger partial charge in [0.05, 0.1) is 13.0 Å². The Bertz CT molecular complexity index is 420. The third kappa shape index (κ3) is 5.33. The Labute approximate surface area is 122 Å². The molecule has 1 aromatic carbocycles. The number of anilines is 1. The van der Waals surface area contributed by atoms with Gasteiger partial charge in [0.25, 0.3) is 0 Å². The summed E-state index contributed by atoms with van der Waals surface area (Å²) in [4.78, 5) is 14.1. The monoisotopic (exact) mass is 277 g/mol. The lowest BCUT2D eigenvalue weighted by Crippen LogP contribution is -2.31. The first-order valence-corrected chi connectivity index (χ1v) is 7.40. The number of hydrogen-bond acceptors (Lipinski definition) is 2. The van der Waals surface area contributed by atoms with Crippen LogP contribution in [0.25, 0.3) is 0 Å². The molecule has 0 saturated heterocycles. The molecular weight excluding hydrogens is 250 g/mol. The lowest BCUT2D eigenvalue weighted by Gasteiger charge is -2.22. The molecular formula is C17H27NO2. The van der Waals surface area contributed by atoms with Gasteiger partial charge in [0, 0.05) is 18.8 Å². The number of aryl methyl sites for hydroxylation is 2. The predicted molar refractivity (Wildman–Crippen MR) is 84.2 cm³/mol. The fraction of sp³-hybridized carbons (Fsp3) is 0.588. The van der Waals surface area contributed by atoms with Crippen LogP contribution in [0, 0.1) is 19.8 Å². The Hall–Kier alpha value is -1.35. The van der Waals surface area contributed by atoms with Crippen LogP contribution in [0.5, 0.6) is 0 Å².